The smallest absolute Gasteiger partial charge is 0.289 e. The molecule has 1 amide bonds. The van der Waals surface area contributed by atoms with Crippen LogP contribution in [-0.4, -0.2) is 62.2 Å². The van der Waals surface area contributed by atoms with E-state index in [1.807, 2.05) is 50.5 Å². The monoisotopic (exact) mass is 456 g/mol. The Morgan fingerprint density at radius 2 is 1.71 bits per heavy atom. The van der Waals surface area contributed by atoms with E-state index in [0.29, 0.717) is 33.7 Å². The third-order valence-corrected chi connectivity index (χ3v) is 6.96. The van der Waals surface area contributed by atoms with Gasteiger partial charge in [0.05, 0.1) is 24.4 Å². The first-order valence-corrected chi connectivity index (χ1v) is 11.5. The van der Waals surface area contributed by atoms with Crippen molar-refractivity contribution in [2.75, 3.05) is 46.3 Å². The number of aromatic nitrogens is 2. The molecule has 0 N–H and O–H groups in total. The second-order valence-electron chi connectivity index (χ2n) is 7.24. The Morgan fingerprint density at radius 3 is 2.42 bits per heavy atom. The first-order chi connectivity index (χ1) is 15.0. The number of rotatable bonds is 8. The lowest BCUT2D eigenvalue weighted by Gasteiger charge is -2.19. The second-order valence-corrected chi connectivity index (χ2v) is 9.25. The zero-order chi connectivity index (χ0) is 22.0. The van der Waals surface area contributed by atoms with Crippen LogP contribution in [0.2, 0.25) is 0 Å². The largest absolute Gasteiger partial charge is 0.495 e. The fourth-order valence-electron chi connectivity index (χ4n) is 3.30. The van der Waals surface area contributed by atoms with Crippen molar-refractivity contribution < 1.29 is 14.3 Å². The van der Waals surface area contributed by atoms with Gasteiger partial charge in [0.25, 0.3) is 5.91 Å². The molecule has 4 aromatic rings. The minimum absolute atomic E-state index is 0.142. The highest BCUT2D eigenvalue weighted by molar-refractivity contribution is 7.23. The molecular formula is C22H24N4O3S2. The number of carbonyl (C=O) groups excluding carboxylic acids is 1. The van der Waals surface area contributed by atoms with E-state index in [1.165, 1.54) is 22.7 Å². The molecule has 0 spiro atoms. The Bertz CT molecular complexity index is 1140. The molecule has 31 heavy (non-hydrogen) atoms. The summed E-state index contributed by atoms with van der Waals surface area (Å²) in [7, 11) is 7.28. The predicted octanol–water partition coefficient (Wildman–Crippen LogP) is 4.52. The number of amides is 1. The van der Waals surface area contributed by atoms with Crippen molar-refractivity contribution in [2.45, 2.75) is 6.42 Å². The maximum Gasteiger partial charge on any atom is 0.289 e. The van der Waals surface area contributed by atoms with E-state index in [0.717, 1.165) is 27.9 Å². The van der Waals surface area contributed by atoms with Gasteiger partial charge in [0.1, 0.15) is 21.7 Å². The Balaban J connectivity index is 1.76. The number of carbonyl (C=O) groups is 1. The number of nitrogens with zero attached hydrogens (tertiary/aromatic N) is 4. The molecule has 162 valence electrons. The number of para-hydroxylation sites is 1. The SMILES string of the molecule is COc1ccc(OC)c2sc(N(CCCN(C)C)C(=O)c3nc4ccccc4s3)nc12. The van der Waals surface area contributed by atoms with Crippen molar-refractivity contribution >= 4 is 54.1 Å². The molecule has 0 atom stereocenters. The van der Waals surface area contributed by atoms with E-state index in [4.69, 9.17) is 14.5 Å². The molecule has 0 aliphatic rings. The maximum absolute atomic E-state index is 13.5. The lowest BCUT2D eigenvalue weighted by Crippen LogP contribution is -2.33. The van der Waals surface area contributed by atoms with Crippen LogP contribution in [0, 0.1) is 0 Å². The third-order valence-electron chi connectivity index (χ3n) is 4.84. The molecule has 0 aliphatic heterocycles. The van der Waals surface area contributed by atoms with Crippen LogP contribution in [0.4, 0.5) is 5.13 Å². The highest BCUT2D eigenvalue weighted by Crippen LogP contribution is 2.40. The van der Waals surface area contributed by atoms with Crippen LogP contribution in [0.15, 0.2) is 36.4 Å². The van der Waals surface area contributed by atoms with E-state index in [-0.39, 0.29) is 5.91 Å². The van der Waals surface area contributed by atoms with Crippen molar-refractivity contribution in [1.29, 1.82) is 0 Å². The molecule has 0 radical (unpaired) electrons. The number of hydrogen-bond acceptors (Lipinski definition) is 8. The molecule has 4 rings (SSSR count). The van der Waals surface area contributed by atoms with Gasteiger partial charge in [-0.05, 0) is 51.3 Å². The van der Waals surface area contributed by atoms with Crippen LogP contribution < -0.4 is 14.4 Å². The Hall–Kier alpha value is -2.75. The molecule has 9 heteroatoms. The summed E-state index contributed by atoms with van der Waals surface area (Å²) in [6.07, 6.45) is 0.813. The van der Waals surface area contributed by atoms with Gasteiger partial charge in [0.2, 0.25) is 0 Å². The second kappa shape index (κ2) is 9.17. The summed E-state index contributed by atoms with van der Waals surface area (Å²) >= 11 is 2.83. The van der Waals surface area contributed by atoms with E-state index >= 15 is 0 Å². The van der Waals surface area contributed by atoms with Crippen LogP contribution in [-0.2, 0) is 0 Å². The molecule has 2 heterocycles. The van der Waals surface area contributed by atoms with E-state index < -0.39 is 0 Å². The number of ether oxygens (including phenoxy) is 2. The molecule has 0 saturated carbocycles. The molecule has 0 saturated heterocycles. The summed E-state index contributed by atoms with van der Waals surface area (Å²) in [5, 5.41) is 1.07. The maximum atomic E-state index is 13.5. The van der Waals surface area contributed by atoms with Crippen LogP contribution >= 0.6 is 22.7 Å². The van der Waals surface area contributed by atoms with Gasteiger partial charge in [-0.3, -0.25) is 9.69 Å². The van der Waals surface area contributed by atoms with Crippen molar-refractivity contribution in [3.8, 4) is 11.5 Å². The number of anilines is 1. The standard InChI is InChI=1S/C22H24N4O3S2/c1-25(2)12-7-13-26(21(27)20-23-14-8-5-6-9-17(14)30-20)22-24-18-15(28-3)10-11-16(29-4)19(18)31-22/h5-6,8-11H,7,12-13H2,1-4H3. The molecule has 2 aromatic heterocycles. The molecule has 2 aromatic carbocycles. The molecule has 0 aliphatic carbocycles. The summed E-state index contributed by atoms with van der Waals surface area (Å²) in [5.41, 5.74) is 1.52. The molecule has 0 bridgehead atoms. The fraction of sp³-hybridized carbons (Fsp3) is 0.318. The lowest BCUT2D eigenvalue weighted by atomic mass is 10.3. The Kier molecular flexibility index (Phi) is 6.35. The predicted molar refractivity (Wildman–Crippen MR) is 127 cm³/mol. The molecule has 0 unspecified atom stereocenters. The fourth-order valence-corrected chi connectivity index (χ4v) is 5.31. The normalized spacial score (nSPS) is 11.4. The van der Waals surface area contributed by atoms with Gasteiger partial charge in [-0.25, -0.2) is 9.97 Å². The van der Waals surface area contributed by atoms with E-state index in [9.17, 15) is 4.79 Å². The van der Waals surface area contributed by atoms with Crippen molar-refractivity contribution in [1.82, 2.24) is 14.9 Å². The first-order valence-electron chi connectivity index (χ1n) is 9.85. The Morgan fingerprint density at radius 1 is 0.968 bits per heavy atom. The van der Waals surface area contributed by atoms with Crippen LogP contribution in [0.5, 0.6) is 11.5 Å². The highest BCUT2D eigenvalue weighted by atomic mass is 32.1. The van der Waals surface area contributed by atoms with Gasteiger partial charge in [-0.2, -0.15) is 0 Å². The average molecular weight is 457 g/mol. The van der Waals surface area contributed by atoms with Crippen LogP contribution in [0.1, 0.15) is 16.2 Å². The molecule has 7 nitrogen and oxygen atoms in total. The van der Waals surface area contributed by atoms with Gasteiger partial charge < -0.3 is 14.4 Å². The Labute approximate surface area is 188 Å². The summed E-state index contributed by atoms with van der Waals surface area (Å²) in [5.74, 6) is 1.22. The first kappa shape index (κ1) is 21.5. The van der Waals surface area contributed by atoms with Crippen molar-refractivity contribution in [3.05, 3.63) is 41.4 Å². The minimum atomic E-state index is -0.142. The van der Waals surface area contributed by atoms with Gasteiger partial charge in [0, 0.05) is 6.54 Å². The van der Waals surface area contributed by atoms with Crippen molar-refractivity contribution in [3.63, 3.8) is 0 Å². The zero-order valence-corrected chi connectivity index (χ0v) is 19.5. The van der Waals surface area contributed by atoms with Crippen LogP contribution in [0.25, 0.3) is 20.4 Å². The summed E-state index contributed by atoms with van der Waals surface area (Å²) in [4.78, 5) is 26.7. The van der Waals surface area contributed by atoms with Crippen LogP contribution in [0.3, 0.4) is 0 Å². The zero-order valence-electron chi connectivity index (χ0n) is 17.9. The summed E-state index contributed by atoms with van der Waals surface area (Å²) in [6, 6.07) is 11.5. The quantitative estimate of drug-likeness (QED) is 0.388. The summed E-state index contributed by atoms with van der Waals surface area (Å²) in [6.45, 7) is 1.40. The van der Waals surface area contributed by atoms with Gasteiger partial charge in [-0.15, -0.1) is 11.3 Å². The third kappa shape index (κ3) is 4.34. The minimum Gasteiger partial charge on any atom is -0.495 e. The number of benzene rings is 2. The molecule has 0 fully saturated rings. The lowest BCUT2D eigenvalue weighted by molar-refractivity contribution is 0.0986. The number of methoxy groups -OCH3 is 2. The van der Waals surface area contributed by atoms with E-state index in [1.54, 1.807) is 19.1 Å². The summed E-state index contributed by atoms with van der Waals surface area (Å²) < 4.78 is 12.8. The number of thiazole rings is 2. The topological polar surface area (TPSA) is 67.8 Å². The number of hydrogen-bond donors (Lipinski definition) is 0. The van der Waals surface area contributed by atoms with Gasteiger partial charge >= 0.3 is 0 Å². The van der Waals surface area contributed by atoms with Crippen molar-refractivity contribution in [2.24, 2.45) is 0 Å². The van der Waals surface area contributed by atoms with E-state index in [2.05, 4.69) is 9.88 Å². The molecular weight excluding hydrogens is 432 g/mol. The average Bonchev–Trinajstić information content (AvgIpc) is 3.40. The van der Waals surface area contributed by atoms with Gasteiger partial charge in [-0.1, -0.05) is 23.5 Å². The highest BCUT2D eigenvalue weighted by Gasteiger charge is 2.25. The van der Waals surface area contributed by atoms with Gasteiger partial charge in [0.15, 0.2) is 10.1 Å². The number of fused-ring (bicyclic) bond motifs is 2.